The van der Waals surface area contributed by atoms with E-state index in [-0.39, 0.29) is 0 Å². The Labute approximate surface area is 105 Å². The zero-order valence-corrected chi connectivity index (χ0v) is 10.3. The van der Waals surface area contributed by atoms with Crippen molar-refractivity contribution in [3.05, 3.63) is 41.1 Å². The van der Waals surface area contributed by atoms with Crippen LogP contribution in [0.15, 0.2) is 28.8 Å². The Morgan fingerprint density at radius 1 is 1.47 bits per heavy atom. The van der Waals surface area contributed by atoms with Gasteiger partial charge in [-0.15, -0.1) is 0 Å². The largest absolute Gasteiger partial charge is 0.444 e. The summed E-state index contributed by atoms with van der Waals surface area (Å²) in [5.74, 6) is 1.53. The molecule has 0 atom stereocenters. The lowest BCUT2D eigenvalue weighted by atomic mass is 10.3. The van der Waals surface area contributed by atoms with Gasteiger partial charge >= 0.3 is 0 Å². The molecule has 0 aliphatic rings. The number of nitrogens with zero attached hydrogens (tertiary/aromatic N) is 1. The third kappa shape index (κ3) is 2.91. The van der Waals surface area contributed by atoms with E-state index in [1.807, 2.05) is 13.0 Å². The molecule has 17 heavy (non-hydrogen) atoms. The molecule has 4 nitrogen and oxygen atoms in total. The molecule has 2 rings (SSSR count). The molecule has 2 aromatic rings. The summed E-state index contributed by atoms with van der Waals surface area (Å²) < 4.78 is 5.48. The number of halogens is 1. The van der Waals surface area contributed by atoms with Crippen LogP contribution in [0.2, 0.25) is 5.02 Å². The SMILES string of the molecule is CCc1cnc(CNc2ccc(N)cc2Cl)o1. The summed E-state index contributed by atoms with van der Waals surface area (Å²) in [6.45, 7) is 2.53. The van der Waals surface area contributed by atoms with E-state index in [0.29, 0.717) is 23.1 Å². The highest BCUT2D eigenvalue weighted by atomic mass is 35.5. The van der Waals surface area contributed by atoms with Gasteiger partial charge in [-0.1, -0.05) is 18.5 Å². The van der Waals surface area contributed by atoms with Gasteiger partial charge in [-0.3, -0.25) is 0 Å². The van der Waals surface area contributed by atoms with Crippen LogP contribution in [0.25, 0.3) is 0 Å². The molecule has 1 heterocycles. The van der Waals surface area contributed by atoms with E-state index < -0.39 is 0 Å². The van der Waals surface area contributed by atoms with Gasteiger partial charge in [0.15, 0.2) is 0 Å². The zero-order valence-electron chi connectivity index (χ0n) is 9.53. The van der Waals surface area contributed by atoms with Crippen LogP contribution in [0.1, 0.15) is 18.6 Å². The standard InChI is InChI=1S/C12H14ClN3O/c1-2-9-6-16-12(17-9)7-15-11-4-3-8(14)5-10(11)13/h3-6,15H,2,7,14H2,1H3. The fourth-order valence-corrected chi connectivity index (χ4v) is 1.69. The van der Waals surface area contributed by atoms with Gasteiger partial charge in [0, 0.05) is 12.1 Å². The molecule has 0 saturated heterocycles. The molecule has 90 valence electrons. The van der Waals surface area contributed by atoms with E-state index in [2.05, 4.69) is 10.3 Å². The molecule has 0 amide bonds. The fourth-order valence-electron chi connectivity index (χ4n) is 1.44. The van der Waals surface area contributed by atoms with Crippen molar-refractivity contribution in [3.8, 4) is 0 Å². The Hall–Kier alpha value is -1.68. The predicted molar refractivity (Wildman–Crippen MR) is 69.1 cm³/mol. The van der Waals surface area contributed by atoms with E-state index in [1.54, 1.807) is 18.3 Å². The van der Waals surface area contributed by atoms with Gasteiger partial charge in [0.25, 0.3) is 0 Å². The Bertz CT molecular complexity index is 510. The van der Waals surface area contributed by atoms with Crippen LogP contribution in [0, 0.1) is 0 Å². The first-order valence-corrected chi connectivity index (χ1v) is 5.79. The van der Waals surface area contributed by atoms with Gasteiger partial charge in [-0.2, -0.15) is 0 Å². The molecule has 5 heteroatoms. The number of nitrogens with two attached hydrogens (primary N) is 1. The molecule has 0 unspecified atom stereocenters. The fraction of sp³-hybridized carbons (Fsp3) is 0.250. The molecule has 1 aromatic carbocycles. The van der Waals surface area contributed by atoms with E-state index in [1.165, 1.54) is 0 Å². The maximum atomic E-state index is 6.03. The van der Waals surface area contributed by atoms with Crippen molar-refractivity contribution >= 4 is 23.0 Å². The van der Waals surface area contributed by atoms with Gasteiger partial charge in [-0.05, 0) is 18.2 Å². The van der Waals surface area contributed by atoms with E-state index in [9.17, 15) is 0 Å². The Balaban J connectivity index is 2.02. The third-order valence-corrected chi connectivity index (χ3v) is 2.69. The average Bonchev–Trinajstić information content (AvgIpc) is 2.76. The monoisotopic (exact) mass is 251 g/mol. The summed E-state index contributed by atoms with van der Waals surface area (Å²) in [7, 11) is 0. The zero-order chi connectivity index (χ0) is 12.3. The molecule has 0 aliphatic carbocycles. The Morgan fingerprint density at radius 2 is 2.29 bits per heavy atom. The minimum atomic E-state index is 0.504. The van der Waals surface area contributed by atoms with Crippen molar-refractivity contribution in [2.75, 3.05) is 11.1 Å². The second-order valence-corrected chi connectivity index (χ2v) is 4.07. The lowest BCUT2D eigenvalue weighted by Gasteiger charge is -2.06. The molecule has 0 spiro atoms. The first-order valence-electron chi connectivity index (χ1n) is 5.41. The van der Waals surface area contributed by atoms with Crippen LogP contribution >= 0.6 is 11.6 Å². The van der Waals surface area contributed by atoms with Crippen molar-refractivity contribution in [2.45, 2.75) is 19.9 Å². The lowest BCUT2D eigenvalue weighted by Crippen LogP contribution is -2.00. The van der Waals surface area contributed by atoms with Gasteiger partial charge < -0.3 is 15.5 Å². The summed E-state index contributed by atoms with van der Waals surface area (Å²) in [6, 6.07) is 5.33. The summed E-state index contributed by atoms with van der Waals surface area (Å²) in [5.41, 5.74) is 7.07. The van der Waals surface area contributed by atoms with Crippen LogP contribution in [0.5, 0.6) is 0 Å². The number of benzene rings is 1. The van der Waals surface area contributed by atoms with Gasteiger partial charge in [0.1, 0.15) is 5.76 Å². The van der Waals surface area contributed by atoms with Gasteiger partial charge in [-0.25, -0.2) is 4.98 Å². The number of nitrogens with one attached hydrogen (secondary N) is 1. The first kappa shape index (κ1) is 11.8. The minimum absolute atomic E-state index is 0.504. The molecule has 0 saturated carbocycles. The molecule has 0 fully saturated rings. The first-order chi connectivity index (χ1) is 8.19. The minimum Gasteiger partial charge on any atom is -0.444 e. The van der Waals surface area contributed by atoms with Crippen molar-refractivity contribution < 1.29 is 4.42 Å². The molecule has 3 N–H and O–H groups in total. The van der Waals surface area contributed by atoms with Crippen LogP contribution < -0.4 is 11.1 Å². The topological polar surface area (TPSA) is 64.1 Å². The highest BCUT2D eigenvalue weighted by Crippen LogP contribution is 2.24. The number of aryl methyl sites for hydroxylation is 1. The molecule has 0 radical (unpaired) electrons. The van der Waals surface area contributed by atoms with E-state index >= 15 is 0 Å². The lowest BCUT2D eigenvalue weighted by molar-refractivity contribution is 0.466. The van der Waals surface area contributed by atoms with Crippen molar-refractivity contribution in [1.82, 2.24) is 4.98 Å². The van der Waals surface area contributed by atoms with Crippen LogP contribution in [-0.4, -0.2) is 4.98 Å². The molecule has 0 bridgehead atoms. The molecular formula is C12H14ClN3O. The van der Waals surface area contributed by atoms with Crippen LogP contribution in [-0.2, 0) is 13.0 Å². The molecule has 1 aromatic heterocycles. The highest BCUT2D eigenvalue weighted by Gasteiger charge is 2.04. The highest BCUT2D eigenvalue weighted by molar-refractivity contribution is 6.33. The van der Waals surface area contributed by atoms with Crippen LogP contribution in [0.3, 0.4) is 0 Å². The number of aromatic nitrogens is 1. The van der Waals surface area contributed by atoms with E-state index in [0.717, 1.165) is 17.9 Å². The van der Waals surface area contributed by atoms with Crippen molar-refractivity contribution in [2.24, 2.45) is 0 Å². The predicted octanol–water partition coefficient (Wildman–Crippen LogP) is 3.08. The summed E-state index contributed by atoms with van der Waals surface area (Å²) in [6.07, 6.45) is 2.58. The van der Waals surface area contributed by atoms with E-state index in [4.69, 9.17) is 21.8 Å². The maximum absolute atomic E-state index is 6.03. The molecular weight excluding hydrogens is 238 g/mol. The van der Waals surface area contributed by atoms with Crippen molar-refractivity contribution in [1.29, 1.82) is 0 Å². The number of hydrogen-bond acceptors (Lipinski definition) is 4. The summed E-state index contributed by atoms with van der Waals surface area (Å²) in [5, 5.41) is 3.74. The van der Waals surface area contributed by atoms with Crippen molar-refractivity contribution in [3.63, 3.8) is 0 Å². The Morgan fingerprint density at radius 3 is 2.94 bits per heavy atom. The van der Waals surface area contributed by atoms with Gasteiger partial charge in [0.2, 0.25) is 5.89 Å². The number of oxazole rings is 1. The second-order valence-electron chi connectivity index (χ2n) is 3.67. The second kappa shape index (κ2) is 5.10. The summed E-state index contributed by atoms with van der Waals surface area (Å²) in [4.78, 5) is 4.15. The van der Waals surface area contributed by atoms with Crippen LogP contribution in [0.4, 0.5) is 11.4 Å². The molecule has 0 aliphatic heterocycles. The summed E-state index contributed by atoms with van der Waals surface area (Å²) >= 11 is 6.03. The number of hydrogen-bond donors (Lipinski definition) is 2. The number of anilines is 2. The quantitative estimate of drug-likeness (QED) is 0.820. The van der Waals surface area contributed by atoms with Gasteiger partial charge in [0.05, 0.1) is 23.5 Å². The maximum Gasteiger partial charge on any atom is 0.213 e. The Kier molecular flexibility index (Phi) is 3.54. The average molecular weight is 252 g/mol. The normalized spacial score (nSPS) is 10.5. The third-order valence-electron chi connectivity index (χ3n) is 2.37. The number of nitrogen functional groups attached to an aromatic ring is 1. The smallest absolute Gasteiger partial charge is 0.213 e. The number of rotatable bonds is 4.